The van der Waals surface area contributed by atoms with Crippen molar-refractivity contribution in [3.8, 4) is 5.75 Å². The first-order chi connectivity index (χ1) is 12.5. The molecule has 1 aromatic rings. The van der Waals surface area contributed by atoms with E-state index in [1.807, 2.05) is 39.0 Å². The summed E-state index contributed by atoms with van der Waals surface area (Å²) in [7, 11) is 0. The Morgan fingerprint density at radius 3 is 2.85 bits per heavy atom. The fraction of sp³-hybridized carbons (Fsp3) is 0.579. The summed E-state index contributed by atoms with van der Waals surface area (Å²) in [6.45, 7) is 11.2. The van der Waals surface area contributed by atoms with Crippen LogP contribution in [0.4, 0.5) is 5.69 Å². The van der Waals surface area contributed by atoms with Crippen LogP contribution < -0.4 is 10.1 Å². The van der Waals surface area contributed by atoms with E-state index in [0.717, 1.165) is 49.8 Å². The molecule has 0 saturated carbocycles. The third-order valence-electron chi connectivity index (χ3n) is 4.53. The number of aliphatic imine (C=N–C) groups is 1. The molecule has 3 rings (SSSR count). The minimum Gasteiger partial charge on any atom is -0.492 e. The highest BCUT2D eigenvalue weighted by Crippen LogP contribution is 2.30. The predicted molar refractivity (Wildman–Crippen MR) is 106 cm³/mol. The van der Waals surface area contributed by atoms with Gasteiger partial charge in [-0.1, -0.05) is 31.7 Å². The predicted octanol–water partition coefficient (Wildman–Crippen LogP) is 2.77. The molecule has 1 fully saturated rings. The molecule has 2 aliphatic heterocycles. The van der Waals surface area contributed by atoms with E-state index < -0.39 is 0 Å². The van der Waals surface area contributed by atoms with Crippen molar-refractivity contribution in [1.82, 2.24) is 4.90 Å². The summed E-state index contributed by atoms with van der Waals surface area (Å²) >= 11 is 1.50. The third-order valence-corrected chi connectivity index (χ3v) is 5.95. The number of rotatable bonds is 6. The van der Waals surface area contributed by atoms with Gasteiger partial charge in [-0.15, -0.1) is 0 Å². The van der Waals surface area contributed by atoms with Crippen LogP contribution in [0.1, 0.15) is 19.4 Å². The molecule has 1 N–H and O–H groups in total. The van der Waals surface area contributed by atoms with E-state index in [2.05, 4.69) is 15.2 Å². The van der Waals surface area contributed by atoms with Gasteiger partial charge in [0.1, 0.15) is 12.4 Å². The van der Waals surface area contributed by atoms with Crippen molar-refractivity contribution in [2.24, 2.45) is 10.9 Å². The number of nitrogens with one attached hydrogen (secondary N) is 1. The zero-order valence-electron chi connectivity index (χ0n) is 15.7. The van der Waals surface area contributed by atoms with Gasteiger partial charge in [0.25, 0.3) is 5.91 Å². The number of carbonyl (C=O) groups is 1. The monoisotopic (exact) mass is 377 g/mol. The number of amides is 1. The third kappa shape index (κ3) is 4.99. The average molecular weight is 378 g/mol. The van der Waals surface area contributed by atoms with Crippen LogP contribution >= 0.6 is 11.8 Å². The van der Waals surface area contributed by atoms with Crippen LogP contribution in [0.5, 0.6) is 5.75 Å². The molecule has 0 bridgehead atoms. The summed E-state index contributed by atoms with van der Waals surface area (Å²) in [5.74, 6) is 1.04. The molecule has 0 aliphatic carbocycles. The minimum atomic E-state index is -0.0919. The summed E-state index contributed by atoms with van der Waals surface area (Å²) < 4.78 is 11.3. The summed E-state index contributed by atoms with van der Waals surface area (Å²) in [6.07, 6.45) is 0. The Balaban J connectivity index is 1.56. The first kappa shape index (κ1) is 19.2. The summed E-state index contributed by atoms with van der Waals surface area (Å²) in [5, 5.41) is 3.87. The lowest BCUT2D eigenvalue weighted by Crippen LogP contribution is -2.38. The topological polar surface area (TPSA) is 63.2 Å². The SMILES string of the molecule is Cc1ccc(OCCN2CCOCC2)cc1NC1=NC(=O)C(C(C)C)S1. The van der Waals surface area contributed by atoms with Crippen molar-refractivity contribution in [1.29, 1.82) is 0 Å². The number of benzene rings is 1. The van der Waals surface area contributed by atoms with Crippen LogP contribution in [-0.4, -0.2) is 60.7 Å². The van der Waals surface area contributed by atoms with Gasteiger partial charge in [0.2, 0.25) is 0 Å². The van der Waals surface area contributed by atoms with Crippen molar-refractivity contribution < 1.29 is 14.3 Å². The lowest BCUT2D eigenvalue weighted by atomic mass is 10.1. The second-order valence-corrected chi connectivity index (χ2v) is 8.07. The van der Waals surface area contributed by atoms with E-state index in [0.29, 0.717) is 11.8 Å². The molecule has 2 heterocycles. The molecular weight excluding hydrogens is 350 g/mol. The van der Waals surface area contributed by atoms with Gasteiger partial charge in [0.15, 0.2) is 5.17 Å². The zero-order valence-corrected chi connectivity index (χ0v) is 16.5. The van der Waals surface area contributed by atoms with E-state index in [1.165, 1.54) is 11.8 Å². The Morgan fingerprint density at radius 2 is 2.15 bits per heavy atom. The van der Waals surface area contributed by atoms with Crippen molar-refractivity contribution in [2.45, 2.75) is 26.0 Å². The standard InChI is InChI=1S/C19H27N3O3S/c1-13(2)17-18(23)21-19(26-17)20-16-12-15(5-4-14(16)3)25-11-8-22-6-9-24-10-7-22/h4-5,12-13,17H,6-11H2,1-3H3,(H,20,21,23). The fourth-order valence-corrected chi connectivity index (χ4v) is 3.88. The van der Waals surface area contributed by atoms with E-state index in [-0.39, 0.29) is 17.1 Å². The molecule has 0 spiro atoms. The first-order valence-corrected chi connectivity index (χ1v) is 10.0. The molecule has 6 nitrogen and oxygen atoms in total. The van der Waals surface area contributed by atoms with E-state index >= 15 is 0 Å². The highest BCUT2D eigenvalue weighted by Gasteiger charge is 2.31. The lowest BCUT2D eigenvalue weighted by molar-refractivity contribution is -0.117. The van der Waals surface area contributed by atoms with Gasteiger partial charge in [-0.2, -0.15) is 4.99 Å². The number of hydrogen-bond acceptors (Lipinski definition) is 6. The number of morpholine rings is 1. The van der Waals surface area contributed by atoms with Gasteiger partial charge in [-0.05, 0) is 24.5 Å². The number of amidine groups is 1. The molecule has 1 atom stereocenters. The number of ether oxygens (including phenoxy) is 2. The van der Waals surface area contributed by atoms with Crippen molar-refractivity contribution in [2.75, 3.05) is 44.8 Å². The molecule has 1 amide bonds. The Labute approximate surface area is 159 Å². The van der Waals surface area contributed by atoms with Crippen LogP contribution in [0.15, 0.2) is 23.2 Å². The summed E-state index contributed by atoms with van der Waals surface area (Å²) in [5.41, 5.74) is 2.02. The van der Waals surface area contributed by atoms with Gasteiger partial charge >= 0.3 is 0 Å². The van der Waals surface area contributed by atoms with Gasteiger partial charge in [0.05, 0.1) is 18.5 Å². The minimum absolute atomic E-state index is 0.0527. The largest absolute Gasteiger partial charge is 0.492 e. The Morgan fingerprint density at radius 1 is 1.38 bits per heavy atom. The maximum atomic E-state index is 12.0. The summed E-state index contributed by atoms with van der Waals surface area (Å²) in [6, 6.07) is 5.98. The van der Waals surface area contributed by atoms with E-state index in [1.54, 1.807) is 0 Å². The molecular formula is C19H27N3O3S. The molecule has 26 heavy (non-hydrogen) atoms. The Bertz CT molecular complexity index is 672. The molecule has 0 radical (unpaired) electrons. The first-order valence-electron chi connectivity index (χ1n) is 9.12. The number of aryl methyl sites for hydroxylation is 1. The van der Waals surface area contributed by atoms with Crippen LogP contribution in [-0.2, 0) is 9.53 Å². The molecule has 1 unspecified atom stereocenters. The quantitative estimate of drug-likeness (QED) is 0.822. The van der Waals surface area contributed by atoms with Gasteiger partial charge in [-0.25, -0.2) is 0 Å². The number of anilines is 1. The number of hydrogen-bond donors (Lipinski definition) is 1. The van der Waals surface area contributed by atoms with Crippen LogP contribution in [0.2, 0.25) is 0 Å². The number of carbonyl (C=O) groups excluding carboxylic acids is 1. The van der Waals surface area contributed by atoms with Crippen LogP contribution in [0, 0.1) is 12.8 Å². The Hall–Kier alpha value is -1.57. The van der Waals surface area contributed by atoms with Crippen LogP contribution in [0.3, 0.4) is 0 Å². The number of nitrogens with zero attached hydrogens (tertiary/aromatic N) is 2. The normalized spacial score (nSPS) is 21.2. The Kier molecular flexibility index (Phi) is 6.56. The van der Waals surface area contributed by atoms with Crippen LogP contribution in [0.25, 0.3) is 0 Å². The van der Waals surface area contributed by atoms with E-state index in [4.69, 9.17) is 9.47 Å². The van der Waals surface area contributed by atoms with Crippen molar-refractivity contribution in [3.05, 3.63) is 23.8 Å². The second-order valence-electron chi connectivity index (χ2n) is 6.94. The molecule has 142 valence electrons. The van der Waals surface area contributed by atoms with Crippen molar-refractivity contribution in [3.63, 3.8) is 0 Å². The van der Waals surface area contributed by atoms with Gasteiger partial charge < -0.3 is 14.8 Å². The smallest absolute Gasteiger partial charge is 0.261 e. The highest BCUT2D eigenvalue weighted by molar-refractivity contribution is 8.15. The van der Waals surface area contributed by atoms with Gasteiger partial charge in [-0.3, -0.25) is 9.69 Å². The molecule has 1 aromatic carbocycles. The average Bonchev–Trinajstić information content (AvgIpc) is 2.99. The maximum Gasteiger partial charge on any atom is 0.261 e. The molecule has 2 aliphatic rings. The fourth-order valence-electron chi connectivity index (χ4n) is 2.90. The molecule has 7 heteroatoms. The summed E-state index contributed by atoms with van der Waals surface area (Å²) in [4.78, 5) is 18.5. The second kappa shape index (κ2) is 8.88. The molecule has 1 saturated heterocycles. The maximum absolute atomic E-state index is 12.0. The zero-order chi connectivity index (χ0) is 18.5. The van der Waals surface area contributed by atoms with Crippen molar-refractivity contribution >= 4 is 28.5 Å². The lowest BCUT2D eigenvalue weighted by Gasteiger charge is -2.26. The highest BCUT2D eigenvalue weighted by atomic mass is 32.2. The van der Waals surface area contributed by atoms with Gasteiger partial charge in [0, 0.05) is 31.4 Å². The van der Waals surface area contributed by atoms with E-state index in [9.17, 15) is 4.79 Å². The molecule has 0 aromatic heterocycles. The number of thioether (sulfide) groups is 1.